The molecule has 0 amide bonds. The summed E-state index contributed by atoms with van der Waals surface area (Å²) < 4.78 is 0. The minimum atomic E-state index is 0. The van der Waals surface area contributed by atoms with Crippen molar-refractivity contribution < 1.29 is 18.9 Å². The van der Waals surface area contributed by atoms with Crippen molar-refractivity contribution in [3.63, 3.8) is 0 Å². The Balaban J connectivity index is 0.000001000. The summed E-state index contributed by atoms with van der Waals surface area (Å²) in [6.07, 6.45) is 0. The van der Waals surface area contributed by atoms with Gasteiger partial charge in [0.15, 0.2) is 0 Å². The van der Waals surface area contributed by atoms with E-state index in [1.54, 1.807) is 0 Å². The second kappa shape index (κ2) is 4.00. The van der Waals surface area contributed by atoms with Gasteiger partial charge in [0.2, 0.25) is 0 Å². The molecule has 0 saturated carbocycles. The average molecular weight is 140 g/mol. The van der Waals surface area contributed by atoms with Crippen molar-refractivity contribution in [2.24, 2.45) is 0 Å². The van der Waals surface area contributed by atoms with Gasteiger partial charge >= 0.3 is 18.9 Å². The van der Waals surface area contributed by atoms with Crippen LogP contribution in [0.3, 0.4) is 0 Å². The van der Waals surface area contributed by atoms with E-state index >= 15 is 0 Å². The molecule has 0 aliphatic rings. The topological polar surface area (TPSA) is 0 Å². The molecule has 0 bridgehead atoms. The van der Waals surface area contributed by atoms with Crippen LogP contribution in [-0.2, 0) is 5.41 Å². The quantitative estimate of drug-likeness (QED) is 0.374. The van der Waals surface area contributed by atoms with E-state index in [9.17, 15) is 0 Å². The van der Waals surface area contributed by atoms with E-state index in [1.807, 2.05) is 18.2 Å². The maximum Gasteiger partial charge on any atom is 1.00 e. The van der Waals surface area contributed by atoms with E-state index in [0.29, 0.717) is 0 Å². The summed E-state index contributed by atoms with van der Waals surface area (Å²) in [6.45, 7) is 8.27. The average Bonchev–Trinajstić information content (AvgIpc) is 1.88. The Kier molecular flexibility index (Phi) is 3.93. The third-order valence-electron chi connectivity index (χ3n) is 1.56. The van der Waals surface area contributed by atoms with Crippen LogP contribution < -0.4 is 18.9 Å². The molecule has 11 heavy (non-hydrogen) atoms. The molecule has 0 heterocycles. The Morgan fingerprint density at radius 1 is 1.09 bits per heavy atom. The van der Waals surface area contributed by atoms with E-state index in [-0.39, 0.29) is 24.3 Å². The third kappa shape index (κ3) is 3.14. The van der Waals surface area contributed by atoms with Crippen molar-refractivity contribution >= 4 is 0 Å². The normalized spacial score (nSPS) is 10.5. The van der Waals surface area contributed by atoms with Gasteiger partial charge in [-0.3, -0.25) is 0 Å². The Morgan fingerprint density at radius 2 is 1.55 bits per heavy atom. The molecule has 0 aliphatic carbocycles. The number of hydrogen-bond donors (Lipinski definition) is 0. The van der Waals surface area contributed by atoms with Crippen molar-refractivity contribution in [2.45, 2.75) is 19.3 Å². The molecule has 1 aromatic carbocycles. The first-order chi connectivity index (χ1) is 4.61. The first-order valence-electron chi connectivity index (χ1n) is 3.51. The van der Waals surface area contributed by atoms with Crippen LogP contribution >= 0.6 is 0 Å². The van der Waals surface area contributed by atoms with Crippen molar-refractivity contribution in [3.8, 4) is 0 Å². The van der Waals surface area contributed by atoms with E-state index in [4.69, 9.17) is 0 Å². The van der Waals surface area contributed by atoms with E-state index < -0.39 is 0 Å². The molecule has 0 spiro atoms. The van der Waals surface area contributed by atoms with Gasteiger partial charge in [-0.25, -0.2) is 0 Å². The summed E-state index contributed by atoms with van der Waals surface area (Å²) in [7, 11) is 0. The molecule has 54 valence electrons. The molecule has 0 aliphatic heterocycles. The van der Waals surface area contributed by atoms with Crippen LogP contribution in [-0.4, -0.2) is 0 Å². The molecule has 1 heteroatoms. The first-order valence-corrected chi connectivity index (χ1v) is 3.51. The molecule has 0 saturated heterocycles. The van der Waals surface area contributed by atoms with Gasteiger partial charge < -0.3 is 6.92 Å². The van der Waals surface area contributed by atoms with Gasteiger partial charge in [0.25, 0.3) is 0 Å². The van der Waals surface area contributed by atoms with Crippen LogP contribution in [0.25, 0.3) is 0 Å². The minimum absolute atomic E-state index is 0. The van der Waals surface area contributed by atoms with Crippen LogP contribution in [0.4, 0.5) is 0 Å². The van der Waals surface area contributed by atoms with Crippen molar-refractivity contribution in [2.75, 3.05) is 0 Å². The van der Waals surface area contributed by atoms with Crippen molar-refractivity contribution in [3.05, 3.63) is 42.8 Å². The maximum absolute atomic E-state index is 4.04. The van der Waals surface area contributed by atoms with Crippen LogP contribution in [0.15, 0.2) is 30.3 Å². The van der Waals surface area contributed by atoms with Gasteiger partial charge in [-0.15, -0.1) is 5.41 Å². The molecule has 0 N–H and O–H groups in total. The Labute approximate surface area is 81.2 Å². The molecule has 0 fully saturated rings. The van der Waals surface area contributed by atoms with Gasteiger partial charge in [-0.2, -0.15) is 0 Å². The zero-order valence-electron chi connectivity index (χ0n) is 7.59. The number of rotatable bonds is 1. The zero-order valence-corrected chi connectivity index (χ0v) is 7.59. The fourth-order valence-electron chi connectivity index (χ4n) is 0.889. The molecule has 1 rings (SSSR count). The van der Waals surface area contributed by atoms with Crippen molar-refractivity contribution in [1.82, 2.24) is 0 Å². The SMILES string of the molecule is [CH2-]C(C)(C)c1ccccc1.[Li+]. The summed E-state index contributed by atoms with van der Waals surface area (Å²) in [5, 5.41) is 0. The summed E-state index contributed by atoms with van der Waals surface area (Å²) in [4.78, 5) is 0. The molecule has 0 atom stereocenters. The molecular weight excluding hydrogens is 127 g/mol. The molecule has 0 radical (unpaired) electrons. The molecule has 0 unspecified atom stereocenters. The second-order valence-electron chi connectivity index (χ2n) is 3.25. The summed E-state index contributed by atoms with van der Waals surface area (Å²) in [6, 6.07) is 10.3. The predicted molar refractivity (Wildman–Crippen MR) is 44.8 cm³/mol. The van der Waals surface area contributed by atoms with Crippen LogP contribution in [0.1, 0.15) is 19.4 Å². The molecule has 0 nitrogen and oxygen atoms in total. The van der Waals surface area contributed by atoms with E-state index in [2.05, 4.69) is 32.9 Å². The van der Waals surface area contributed by atoms with Gasteiger partial charge in [0.05, 0.1) is 0 Å². The molecular formula is C10H13Li. The van der Waals surface area contributed by atoms with Crippen molar-refractivity contribution in [1.29, 1.82) is 0 Å². The predicted octanol–water partition coefficient (Wildman–Crippen LogP) is -0.198. The Hall–Kier alpha value is -0.183. The Bertz CT molecular complexity index is 196. The van der Waals surface area contributed by atoms with Gasteiger partial charge in [-0.1, -0.05) is 49.7 Å². The summed E-state index contributed by atoms with van der Waals surface area (Å²) in [5.41, 5.74) is 1.33. The fourth-order valence-corrected chi connectivity index (χ4v) is 0.889. The van der Waals surface area contributed by atoms with Gasteiger partial charge in [-0.05, 0) is 0 Å². The summed E-state index contributed by atoms with van der Waals surface area (Å²) in [5.74, 6) is 0. The zero-order chi connectivity index (χ0) is 7.61. The minimum Gasteiger partial charge on any atom is -0.333 e. The van der Waals surface area contributed by atoms with E-state index in [1.165, 1.54) is 5.56 Å². The third-order valence-corrected chi connectivity index (χ3v) is 1.56. The fraction of sp³-hybridized carbons (Fsp3) is 0.300. The Morgan fingerprint density at radius 3 is 1.82 bits per heavy atom. The van der Waals surface area contributed by atoms with Crippen LogP contribution in [0, 0.1) is 6.92 Å². The molecule has 0 aromatic heterocycles. The number of hydrogen-bond acceptors (Lipinski definition) is 0. The monoisotopic (exact) mass is 140 g/mol. The largest absolute Gasteiger partial charge is 1.00 e. The molecule has 1 aromatic rings. The van der Waals surface area contributed by atoms with Crippen LogP contribution in [0.2, 0.25) is 0 Å². The van der Waals surface area contributed by atoms with E-state index in [0.717, 1.165) is 0 Å². The second-order valence-corrected chi connectivity index (χ2v) is 3.25. The smallest absolute Gasteiger partial charge is 0.333 e. The van der Waals surface area contributed by atoms with Crippen LogP contribution in [0.5, 0.6) is 0 Å². The standard InChI is InChI=1S/C10H13.Li/c1-10(2,3)9-7-5-4-6-8-9;/h4-8H,1H2,2-3H3;/q-1;+1. The first kappa shape index (κ1) is 10.8. The van der Waals surface area contributed by atoms with Gasteiger partial charge in [0.1, 0.15) is 0 Å². The summed E-state index contributed by atoms with van der Waals surface area (Å²) >= 11 is 0. The van der Waals surface area contributed by atoms with Gasteiger partial charge in [0, 0.05) is 0 Å². The maximum atomic E-state index is 4.04. The number of benzene rings is 1.